The lowest BCUT2D eigenvalue weighted by Crippen LogP contribution is -2.22. The summed E-state index contributed by atoms with van der Waals surface area (Å²) in [6.45, 7) is 8.53. The van der Waals surface area contributed by atoms with E-state index in [2.05, 4.69) is 22.4 Å². The number of nitrogens with zero attached hydrogens (tertiary/aromatic N) is 1. The van der Waals surface area contributed by atoms with E-state index in [1.165, 1.54) is 0 Å². The van der Waals surface area contributed by atoms with Crippen LogP contribution in [0.1, 0.15) is 38.3 Å². The van der Waals surface area contributed by atoms with Gasteiger partial charge in [-0.15, -0.1) is 0 Å². The van der Waals surface area contributed by atoms with Crippen LogP contribution < -0.4 is 20.5 Å². The number of nitrogens with one attached hydrogen (secondary N) is 1. The second-order valence-electron chi connectivity index (χ2n) is 7.76. The van der Waals surface area contributed by atoms with Gasteiger partial charge in [0.1, 0.15) is 0 Å². The van der Waals surface area contributed by atoms with Crippen molar-refractivity contribution in [1.82, 2.24) is 0 Å². The van der Waals surface area contributed by atoms with Crippen LogP contribution in [0.15, 0.2) is 47.5 Å². The molecule has 6 heteroatoms. The minimum atomic E-state index is -0.162. The molecule has 0 aliphatic carbocycles. The smallest absolute Gasteiger partial charge is 0.193 e. The molecule has 1 aliphatic rings. The molecule has 0 radical (unpaired) electrons. The first-order chi connectivity index (χ1) is 13.4. The maximum absolute atomic E-state index is 6.06. The van der Waals surface area contributed by atoms with Crippen molar-refractivity contribution in [2.24, 2.45) is 10.7 Å². The summed E-state index contributed by atoms with van der Waals surface area (Å²) in [6, 6.07) is 13.9. The molecule has 0 amide bonds. The number of fused-ring (bicyclic) bond motifs is 1. The number of guanidine groups is 1. The number of benzene rings is 2. The fraction of sp³-hybridized carbons (Fsp3) is 0.409. The molecule has 3 rings (SSSR count). The zero-order valence-corrected chi connectivity index (χ0v) is 16.8. The zero-order chi connectivity index (χ0) is 20.0. The van der Waals surface area contributed by atoms with Gasteiger partial charge in [0, 0.05) is 18.2 Å². The third-order valence-corrected chi connectivity index (χ3v) is 4.12. The van der Waals surface area contributed by atoms with Crippen LogP contribution in [0.25, 0.3) is 0 Å². The molecule has 0 bridgehead atoms. The number of hydrogen-bond donors (Lipinski definition) is 2. The van der Waals surface area contributed by atoms with Crippen LogP contribution in [0.4, 0.5) is 5.69 Å². The number of aliphatic imine (C=N–C) groups is 1. The van der Waals surface area contributed by atoms with Gasteiger partial charge in [0.25, 0.3) is 0 Å². The lowest BCUT2D eigenvalue weighted by Gasteiger charge is -2.19. The van der Waals surface area contributed by atoms with Gasteiger partial charge in [0.05, 0.1) is 32.0 Å². The Balaban J connectivity index is 1.59. The summed E-state index contributed by atoms with van der Waals surface area (Å²) >= 11 is 0. The zero-order valence-electron chi connectivity index (χ0n) is 16.8. The van der Waals surface area contributed by atoms with E-state index in [4.69, 9.17) is 19.9 Å². The molecule has 0 unspecified atom stereocenters. The topological polar surface area (TPSA) is 78.1 Å². The van der Waals surface area contributed by atoms with Crippen molar-refractivity contribution in [1.29, 1.82) is 0 Å². The number of nitrogens with two attached hydrogens (primary N) is 1. The Morgan fingerprint density at radius 3 is 2.61 bits per heavy atom. The molecule has 150 valence electrons. The predicted molar refractivity (Wildman–Crippen MR) is 112 cm³/mol. The van der Waals surface area contributed by atoms with Crippen LogP contribution in [0.5, 0.6) is 11.5 Å². The Labute approximate surface area is 166 Å². The molecule has 28 heavy (non-hydrogen) atoms. The average Bonchev–Trinajstić information content (AvgIpc) is 2.89. The fourth-order valence-corrected chi connectivity index (χ4v) is 2.72. The molecule has 0 aromatic heterocycles. The Kier molecular flexibility index (Phi) is 6.41. The first-order valence-corrected chi connectivity index (χ1v) is 9.57. The average molecular weight is 383 g/mol. The molecule has 2 aromatic carbocycles. The number of anilines is 1. The summed E-state index contributed by atoms with van der Waals surface area (Å²) < 4.78 is 17.2. The number of rotatable bonds is 5. The van der Waals surface area contributed by atoms with Crippen LogP contribution in [0, 0.1) is 0 Å². The van der Waals surface area contributed by atoms with E-state index in [-0.39, 0.29) is 5.60 Å². The van der Waals surface area contributed by atoms with Crippen molar-refractivity contribution in [3.8, 4) is 11.5 Å². The molecule has 0 fully saturated rings. The highest BCUT2D eigenvalue weighted by Crippen LogP contribution is 2.32. The molecule has 2 aromatic rings. The summed E-state index contributed by atoms with van der Waals surface area (Å²) in [7, 11) is 0. The highest BCUT2D eigenvalue weighted by Gasteiger charge is 2.11. The monoisotopic (exact) mass is 383 g/mol. The van der Waals surface area contributed by atoms with Gasteiger partial charge in [0.15, 0.2) is 17.5 Å². The summed E-state index contributed by atoms with van der Waals surface area (Å²) in [5, 5.41) is 3.11. The van der Waals surface area contributed by atoms with Crippen molar-refractivity contribution in [3.05, 3.63) is 53.6 Å². The summed E-state index contributed by atoms with van der Waals surface area (Å²) in [5.41, 5.74) is 8.92. The third-order valence-electron chi connectivity index (χ3n) is 4.12. The quantitative estimate of drug-likeness (QED) is 0.601. The number of ether oxygens (including phenoxy) is 3. The van der Waals surface area contributed by atoms with E-state index in [0.717, 1.165) is 34.7 Å². The Morgan fingerprint density at radius 1 is 1.07 bits per heavy atom. The van der Waals surface area contributed by atoms with E-state index in [1.54, 1.807) is 0 Å². The highest BCUT2D eigenvalue weighted by atomic mass is 16.5. The van der Waals surface area contributed by atoms with E-state index in [0.29, 0.717) is 32.3 Å². The predicted octanol–water partition coefficient (Wildman–Crippen LogP) is 4.09. The van der Waals surface area contributed by atoms with Crippen LogP contribution >= 0.6 is 0 Å². The molecule has 1 heterocycles. The van der Waals surface area contributed by atoms with Gasteiger partial charge in [-0.05, 0) is 44.0 Å². The van der Waals surface area contributed by atoms with Crippen LogP contribution in [0.3, 0.4) is 0 Å². The molecule has 1 aliphatic heterocycles. The summed E-state index contributed by atoms with van der Waals surface area (Å²) in [5.74, 6) is 1.83. The first kappa shape index (κ1) is 20.0. The minimum absolute atomic E-state index is 0.162. The summed E-state index contributed by atoms with van der Waals surface area (Å²) in [6.07, 6.45) is 0.876. The molecule has 0 saturated carbocycles. The van der Waals surface area contributed by atoms with Gasteiger partial charge in [-0.2, -0.15) is 0 Å². The van der Waals surface area contributed by atoms with Crippen LogP contribution in [-0.4, -0.2) is 24.8 Å². The van der Waals surface area contributed by atoms with Crippen molar-refractivity contribution in [2.75, 3.05) is 18.5 Å². The fourth-order valence-electron chi connectivity index (χ4n) is 2.72. The van der Waals surface area contributed by atoms with Gasteiger partial charge in [-0.25, -0.2) is 4.99 Å². The van der Waals surface area contributed by atoms with Gasteiger partial charge in [0.2, 0.25) is 0 Å². The molecule has 0 atom stereocenters. The largest absolute Gasteiger partial charge is 0.490 e. The summed E-state index contributed by atoms with van der Waals surface area (Å²) in [4.78, 5) is 4.44. The second kappa shape index (κ2) is 8.97. The minimum Gasteiger partial charge on any atom is -0.490 e. The normalized spacial score (nSPS) is 14.5. The van der Waals surface area contributed by atoms with E-state index < -0.39 is 0 Å². The lowest BCUT2D eigenvalue weighted by atomic mass is 10.1. The van der Waals surface area contributed by atoms with Crippen molar-refractivity contribution in [3.63, 3.8) is 0 Å². The van der Waals surface area contributed by atoms with Crippen molar-refractivity contribution in [2.45, 2.75) is 45.9 Å². The standard InChI is InChI=1S/C22H29N3O3/c1-22(2,3)28-15-17-7-4-6-16(12-17)14-24-21(23)25-18-8-9-19-20(13-18)27-11-5-10-26-19/h4,6-9,12-13H,5,10-11,14-15H2,1-3H3,(H3,23,24,25). The maximum atomic E-state index is 6.06. The third kappa shape index (κ3) is 6.16. The Bertz CT molecular complexity index is 828. The highest BCUT2D eigenvalue weighted by molar-refractivity contribution is 5.92. The number of hydrogen-bond acceptors (Lipinski definition) is 4. The van der Waals surface area contributed by atoms with Crippen molar-refractivity contribution >= 4 is 11.6 Å². The Morgan fingerprint density at radius 2 is 1.82 bits per heavy atom. The van der Waals surface area contributed by atoms with E-state index in [1.807, 2.05) is 51.1 Å². The van der Waals surface area contributed by atoms with Gasteiger partial charge in [-0.1, -0.05) is 24.3 Å². The Hall–Kier alpha value is -2.73. The molecule has 3 N–H and O–H groups in total. The van der Waals surface area contributed by atoms with Crippen LogP contribution in [0.2, 0.25) is 0 Å². The first-order valence-electron chi connectivity index (χ1n) is 9.57. The van der Waals surface area contributed by atoms with Crippen LogP contribution in [-0.2, 0) is 17.9 Å². The second-order valence-corrected chi connectivity index (χ2v) is 7.76. The van der Waals surface area contributed by atoms with Gasteiger partial charge >= 0.3 is 0 Å². The van der Waals surface area contributed by atoms with E-state index >= 15 is 0 Å². The van der Waals surface area contributed by atoms with Gasteiger partial charge < -0.3 is 25.3 Å². The maximum Gasteiger partial charge on any atom is 0.193 e. The molecule has 0 saturated heterocycles. The molecular formula is C22H29N3O3. The molecule has 0 spiro atoms. The lowest BCUT2D eigenvalue weighted by molar-refractivity contribution is -0.0149. The van der Waals surface area contributed by atoms with E-state index in [9.17, 15) is 0 Å². The molecular weight excluding hydrogens is 354 g/mol. The van der Waals surface area contributed by atoms with Gasteiger partial charge in [-0.3, -0.25) is 0 Å². The SMILES string of the molecule is CC(C)(C)OCc1cccc(CN=C(N)Nc2ccc3c(c2)OCCCO3)c1. The molecule has 6 nitrogen and oxygen atoms in total. The van der Waals surface area contributed by atoms with Crippen molar-refractivity contribution < 1.29 is 14.2 Å².